The molecule has 0 aromatic heterocycles. The fourth-order valence-corrected chi connectivity index (χ4v) is 4.37. The summed E-state index contributed by atoms with van der Waals surface area (Å²) in [5.41, 5.74) is 2.33. The van der Waals surface area contributed by atoms with Gasteiger partial charge in [0.05, 0.1) is 19.1 Å². The van der Waals surface area contributed by atoms with E-state index in [2.05, 4.69) is 4.72 Å². The van der Waals surface area contributed by atoms with Crippen molar-refractivity contribution < 1.29 is 17.9 Å². The molecule has 2 aromatic rings. The van der Waals surface area contributed by atoms with Gasteiger partial charge in [-0.3, -0.25) is 0 Å². The van der Waals surface area contributed by atoms with Crippen LogP contribution >= 0.6 is 0 Å². The lowest BCUT2D eigenvalue weighted by Crippen LogP contribution is -2.29. The highest BCUT2D eigenvalue weighted by atomic mass is 32.2. The highest BCUT2D eigenvalue weighted by Gasteiger charge is 2.23. The number of methoxy groups -OCH3 is 2. The average molecular weight is 363 g/mol. The van der Waals surface area contributed by atoms with Crippen LogP contribution in [0.5, 0.6) is 11.5 Å². The van der Waals surface area contributed by atoms with Gasteiger partial charge in [-0.1, -0.05) is 19.1 Å². The van der Waals surface area contributed by atoms with Crippen LogP contribution in [0.4, 0.5) is 0 Å². The summed E-state index contributed by atoms with van der Waals surface area (Å²) in [5, 5.41) is 0. The quantitative estimate of drug-likeness (QED) is 0.814. The van der Waals surface area contributed by atoms with Gasteiger partial charge in [0.25, 0.3) is 0 Å². The third-order valence-corrected chi connectivity index (χ3v) is 5.82. The van der Waals surface area contributed by atoms with Crippen LogP contribution in [0.15, 0.2) is 41.3 Å². The van der Waals surface area contributed by atoms with Crippen LogP contribution in [0.25, 0.3) is 0 Å². The third kappa shape index (κ3) is 4.32. The Morgan fingerprint density at radius 2 is 1.64 bits per heavy atom. The van der Waals surface area contributed by atoms with Crippen LogP contribution in [0.3, 0.4) is 0 Å². The molecule has 0 saturated heterocycles. The van der Waals surface area contributed by atoms with E-state index in [4.69, 9.17) is 9.47 Å². The van der Waals surface area contributed by atoms with E-state index in [0.29, 0.717) is 17.7 Å². The van der Waals surface area contributed by atoms with Crippen molar-refractivity contribution >= 4 is 10.0 Å². The average Bonchev–Trinajstić information content (AvgIpc) is 2.61. The van der Waals surface area contributed by atoms with Crippen LogP contribution in [0.2, 0.25) is 0 Å². The molecule has 136 valence electrons. The van der Waals surface area contributed by atoms with Crippen molar-refractivity contribution in [1.29, 1.82) is 0 Å². The summed E-state index contributed by atoms with van der Waals surface area (Å²) in [7, 11) is -0.475. The number of benzene rings is 2. The molecule has 0 saturated carbocycles. The summed E-state index contributed by atoms with van der Waals surface area (Å²) in [6.07, 6.45) is 0.639. The topological polar surface area (TPSA) is 64.6 Å². The Balaban J connectivity index is 2.34. The Labute approximate surface area is 150 Å². The predicted molar refractivity (Wildman–Crippen MR) is 98.8 cm³/mol. The maximum atomic E-state index is 12.9. The number of sulfonamides is 1. The Kier molecular flexibility index (Phi) is 6.08. The van der Waals surface area contributed by atoms with Gasteiger partial charge in [0.2, 0.25) is 10.0 Å². The molecule has 0 spiro atoms. The molecule has 6 heteroatoms. The fourth-order valence-electron chi connectivity index (χ4n) is 2.75. The van der Waals surface area contributed by atoms with Crippen molar-refractivity contribution in [2.24, 2.45) is 0 Å². The monoisotopic (exact) mass is 363 g/mol. The zero-order chi connectivity index (χ0) is 18.6. The minimum atomic E-state index is -3.65. The van der Waals surface area contributed by atoms with Crippen LogP contribution in [-0.4, -0.2) is 22.6 Å². The Morgan fingerprint density at radius 1 is 1.00 bits per heavy atom. The highest BCUT2D eigenvalue weighted by Crippen LogP contribution is 2.28. The largest absolute Gasteiger partial charge is 0.497 e. The van der Waals surface area contributed by atoms with Gasteiger partial charge in [0, 0.05) is 6.04 Å². The Hall–Kier alpha value is -2.05. The second-order valence-electron chi connectivity index (χ2n) is 5.94. The molecule has 25 heavy (non-hydrogen) atoms. The summed E-state index contributed by atoms with van der Waals surface area (Å²) in [4.78, 5) is 0.276. The van der Waals surface area contributed by atoms with E-state index in [1.165, 1.54) is 0 Å². The van der Waals surface area contributed by atoms with Crippen molar-refractivity contribution in [1.82, 2.24) is 4.72 Å². The first-order valence-corrected chi connectivity index (χ1v) is 9.62. The van der Waals surface area contributed by atoms with Crippen molar-refractivity contribution in [3.8, 4) is 11.5 Å². The van der Waals surface area contributed by atoms with Gasteiger partial charge in [-0.05, 0) is 61.2 Å². The van der Waals surface area contributed by atoms with Gasteiger partial charge in [-0.15, -0.1) is 0 Å². The van der Waals surface area contributed by atoms with Crippen LogP contribution in [0.1, 0.15) is 36.1 Å². The molecule has 0 bridgehead atoms. The first-order chi connectivity index (χ1) is 11.8. The molecule has 0 fully saturated rings. The second kappa shape index (κ2) is 7.89. The van der Waals surface area contributed by atoms with Crippen LogP contribution in [0, 0.1) is 13.8 Å². The lowest BCUT2D eigenvalue weighted by atomic mass is 10.1. The summed E-state index contributed by atoms with van der Waals surface area (Å²) in [6.45, 7) is 5.55. The normalized spacial score (nSPS) is 12.7. The number of rotatable bonds is 7. The predicted octanol–water partition coefficient (Wildman–Crippen LogP) is 3.75. The van der Waals surface area contributed by atoms with E-state index in [1.807, 2.05) is 38.1 Å². The van der Waals surface area contributed by atoms with Crippen LogP contribution < -0.4 is 14.2 Å². The second-order valence-corrected chi connectivity index (χ2v) is 7.63. The van der Waals surface area contributed by atoms with Crippen LogP contribution in [-0.2, 0) is 10.0 Å². The van der Waals surface area contributed by atoms with E-state index >= 15 is 0 Å². The number of hydrogen-bond acceptors (Lipinski definition) is 4. The van der Waals surface area contributed by atoms with Gasteiger partial charge < -0.3 is 9.47 Å². The van der Waals surface area contributed by atoms with Gasteiger partial charge in [0.1, 0.15) is 11.5 Å². The van der Waals surface area contributed by atoms with Gasteiger partial charge >= 0.3 is 0 Å². The first kappa shape index (κ1) is 19.3. The standard InChI is InChI=1S/C19H25NO4S/c1-6-17(15-7-9-16(23-4)10-8-15)20-25(21,22)19-12-13(2)18(24-5)11-14(19)3/h7-12,17,20H,6H2,1-5H3. The van der Waals surface area contributed by atoms with Gasteiger partial charge in [-0.2, -0.15) is 0 Å². The first-order valence-electron chi connectivity index (χ1n) is 8.14. The van der Waals surface area contributed by atoms with Gasteiger partial charge in [-0.25, -0.2) is 13.1 Å². The molecule has 0 radical (unpaired) electrons. The maximum Gasteiger partial charge on any atom is 0.241 e. The van der Waals surface area contributed by atoms with Crippen molar-refractivity contribution in [3.63, 3.8) is 0 Å². The van der Waals surface area contributed by atoms with E-state index < -0.39 is 10.0 Å². The SMILES string of the molecule is CCC(NS(=O)(=O)c1cc(C)c(OC)cc1C)c1ccc(OC)cc1. The minimum absolute atomic E-state index is 0.276. The third-order valence-electron chi connectivity index (χ3n) is 4.21. The minimum Gasteiger partial charge on any atom is -0.497 e. The molecule has 1 unspecified atom stereocenters. The molecular weight excluding hydrogens is 338 g/mol. The molecule has 0 aliphatic heterocycles. The smallest absolute Gasteiger partial charge is 0.241 e. The molecule has 0 aliphatic rings. The molecule has 0 amide bonds. The lowest BCUT2D eigenvalue weighted by Gasteiger charge is -2.19. The Morgan fingerprint density at radius 3 is 2.16 bits per heavy atom. The summed E-state index contributed by atoms with van der Waals surface area (Å²) >= 11 is 0. The molecule has 1 N–H and O–H groups in total. The number of aryl methyl sites for hydroxylation is 2. The molecule has 2 aromatic carbocycles. The van der Waals surface area contributed by atoms with Crippen molar-refractivity contribution in [3.05, 3.63) is 53.1 Å². The van der Waals surface area contributed by atoms with Crippen molar-refractivity contribution in [2.45, 2.75) is 38.1 Å². The summed E-state index contributed by atoms with van der Waals surface area (Å²) in [6, 6.07) is 10.5. The molecular formula is C19H25NO4S. The Bertz CT molecular complexity index is 829. The molecule has 1 atom stereocenters. The molecule has 5 nitrogen and oxygen atoms in total. The highest BCUT2D eigenvalue weighted by molar-refractivity contribution is 7.89. The lowest BCUT2D eigenvalue weighted by molar-refractivity contribution is 0.411. The molecule has 0 heterocycles. The zero-order valence-electron chi connectivity index (χ0n) is 15.3. The molecule has 2 rings (SSSR count). The zero-order valence-corrected chi connectivity index (χ0v) is 16.1. The molecule has 0 aliphatic carbocycles. The van der Waals surface area contributed by atoms with Gasteiger partial charge in [0.15, 0.2) is 0 Å². The van der Waals surface area contributed by atoms with E-state index in [0.717, 1.165) is 16.9 Å². The number of nitrogens with one attached hydrogen (secondary N) is 1. The number of ether oxygens (including phenoxy) is 2. The summed E-state index contributed by atoms with van der Waals surface area (Å²) < 4.78 is 39.0. The number of hydrogen-bond donors (Lipinski definition) is 1. The van der Waals surface area contributed by atoms with E-state index in [-0.39, 0.29) is 10.9 Å². The summed E-state index contributed by atoms with van der Waals surface area (Å²) in [5.74, 6) is 1.42. The van der Waals surface area contributed by atoms with E-state index in [1.54, 1.807) is 33.3 Å². The van der Waals surface area contributed by atoms with E-state index in [9.17, 15) is 8.42 Å². The van der Waals surface area contributed by atoms with Crippen molar-refractivity contribution in [2.75, 3.05) is 14.2 Å². The maximum absolute atomic E-state index is 12.9. The fraction of sp³-hybridized carbons (Fsp3) is 0.368.